The molecule has 0 spiro atoms. The van der Waals surface area contributed by atoms with Crippen LogP contribution < -0.4 is 26.8 Å². The standard InChI is InChI=1S/C38H46N10O15P2/c1-20-12-23-24(13-21(20)2)47(35-29(36(54)44-38(55)43-35)46(23)11-7-10-45(3)14-22-8-5-4-6-9-22)15-25(49)30(51)26(50)16-60-64(56,57)63-65(58,59)61-17-27-31(52)32(53)37(62-27)48-19-42-28-33(39)40-18-41-34(28)48/h4-13,18-19,25-27,30-32,37,49-53H,14-17H2,1-3H3,(H5-,39,40,41,43,44,54,55,56,57,58,59)/p+1/t25-,26+,27+,30-,31+,32+,37+/m0/s1. The van der Waals surface area contributed by atoms with Crippen LogP contribution in [0.4, 0.5) is 28.7 Å². The lowest BCUT2D eigenvalue weighted by Crippen LogP contribution is -2.47. The Labute approximate surface area is 368 Å². The van der Waals surface area contributed by atoms with E-state index in [4.69, 9.17) is 15.0 Å². The number of fused-ring (bicyclic) bond motifs is 3. The number of phosphoric acid groups is 2. The first-order valence-electron chi connectivity index (χ1n) is 19.7. The molecule has 0 saturated carbocycles. The van der Waals surface area contributed by atoms with Crippen molar-refractivity contribution in [2.75, 3.05) is 42.3 Å². The zero-order chi connectivity index (χ0) is 47.0. The normalized spacial score (nSPS) is 22.1. The molecule has 2 unspecified atom stereocenters. The molecule has 0 amide bonds. The van der Waals surface area contributed by atoms with Gasteiger partial charge in [0.2, 0.25) is 0 Å². The largest absolute Gasteiger partial charge is 0.481 e. The molecule has 25 nitrogen and oxygen atoms in total. The molecule has 1 saturated heterocycles. The van der Waals surface area contributed by atoms with Gasteiger partial charge in [0, 0.05) is 17.8 Å². The third-order valence-electron chi connectivity index (χ3n) is 10.6. The molecule has 0 aliphatic carbocycles. The monoisotopic (exact) mass is 945 g/mol. The van der Waals surface area contributed by atoms with Gasteiger partial charge in [0.1, 0.15) is 61.3 Å². The minimum Gasteiger partial charge on any atom is -0.388 e. The van der Waals surface area contributed by atoms with Gasteiger partial charge in [-0.2, -0.15) is 4.31 Å². The van der Waals surface area contributed by atoms with Crippen molar-refractivity contribution < 1.29 is 67.1 Å². The molecule has 2 aliphatic heterocycles. The van der Waals surface area contributed by atoms with Crippen LogP contribution in [0.1, 0.15) is 22.9 Å². The molecule has 5 aromatic rings. The van der Waals surface area contributed by atoms with Crippen LogP contribution in [0.25, 0.3) is 11.2 Å². The van der Waals surface area contributed by atoms with Crippen LogP contribution in [0, 0.1) is 13.8 Å². The molecule has 65 heavy (non-hydrogen) atoms. The summed E-state index contributed by atoms with van der Waals surface area (Å²) in [6, 6.07) is 13.3. The molecule has 2 aromatic carbocycles. The summed E-state index contributed by atoms with van der Waals surface area (Å²) in [5.74, 6) is -0.0447. The van der Waals surface area contributed by atoms with Gasteiger partial charge in [0.25, 0.3) is 5.56 Å². The maximum Gasteiger partial charge on any atom is 0.481 e. The highest BCUT2D eigenvalue weighted by Gasteiger charge is 2.46. The molecule has 9 atom stereocenters. The van der Waals surface area contributed by atoms with Crippen LogP contribution in [0.2, 0.25) is 0 Å². The summed E-state index contributed by atoms with van der Waals surface area (Å²) < 4.78 is 48.0. The zero-order valence-corrected chi connectivity index (χ0v) is 36.6. The maximum atomic E-state index is 13.5. The molecular weight excluding hydrogens is 898 g/mol. The quantitative estimate of drug-likeness (QED) is 0.0335. The van der Waals surface area contributed by atoms with Gasteiger partial charge in [-0.3, -0.25) is 28.4 Å². The number of aliphatic hydroxyl groups excluding tert-OH is 5. The first kappa shape index (κ1) is 47.5. The molecule has 2 aliphatic rings. The van der Waals surface area contributed by atoms with Gasteiger partial charge in [-0.25, -0.2) is 33.5 Å². The van der Waals surface area contributed by atoms with E-state index in [0.29, 0.717) is 17.9 Å². The van der Waals surface area contributed by atoms with E-state index in [1.807, 2.05) is 55.8 Å². The Morgan fingerprint density at radius 1 is 0.954 bits per heavy atom. The van der Waals surface area contributed by atoms with E-state index in [1.165, 1.54) is 15.8 Å². The molecule has 1 fully saturated rings. The molecule has 3 aromatic heterocycles. The fraction of sp³-hybridized carbons (Fsp3) is 0.368. The topological polar surface area (TPSA) is 358 Å². The van der Waals surface area contributed by atoms with E-state index in [-0.39, 0.29) is 28.5 Å². The number of ether oxygens (including phenoxy) is 1. The van der Waals surface area contributed by atoms with Crippen molar-refractivity contribution in [2.24, 2.45) is 0 Å². The lowest BCUT2D eigenvalue weighted by Gasteiger charge is -2.39. The summed E-state index contributed by atoms with van der Waals surface area (Å²) in [5.41, 5.74) is 7.90. The van der Waals surface area contributed by atoms with E-state index < -0.39 is 89.5 Å². The van der Waals surface area contributed by atoms with Gasteiger partial charge in [-0.05, 0) is 37.1 Å². The second-order valence-corrected chi connectivity index (χ2v) is 18.3. The maximum absolute atomic E-state index is 13.5. The van der Waals surface area contributed by atoms with Gasteiger partial charge < -0.3 is 55.6 Å². The second-order valence-electron chi connectivity index (χ2n) is 15.3. The van der Waals surface area contributed by atoms with Crippen LogP contribution >= 0.6 is 15.6 Å². The van der Waals surface area contributed by atoms with E-state index in [1.54, 1.807) is 35.5 Å². The number of rotatable bonds is 17. The molecule has 11 N–H and O–H groups in total. The fourth-order valence-electron chi connectivity index (χ4n) is 7.18. The number of aliphatic hydroxyl groups is 5. The number of anilines is 5. The highest BCUT2D eigenvalue weighted by Crippen LogP contribution is 2.60. The van der Waals surface area contributed by atoms with Gasteiger partial charge >= 0.3 is 21.3 Å². The number of nitrogens with two attached hydrogens (primary N) is 1. The van der Waals surface area contributed by atoms with Crippen molar-refractivity contribution in [3.8, 4) is 0 Å². The van der Waals surface area contributed by atoms with E-state index in [9.17, 15) is 54.0 Å². The van der Waals surface area contributed by atoms with Gasteiger partial charge in [0.15, 0.2) is 36.1 Å². The predicted molar refractivity (Wildman–Crippen MR) is 231 cm³/mol. The van der Waals surface area contributed by atoms with Crippen LogP contribution in [0.15, 0.2) is 77.0 Å². The number of nitrogen functional groups attached to an aromatic ring is 1. The number of hydrogen-bond acceptors (Lipinski definition) is 19. The number of aryl methyl sites for hydroxylation is 2. The molecule has 27 heteroatoms. The summed E-state index contributed by atoms with van der Waals surface area (Å²) in [4.78, 5) is 66.3. The number of nitrogens with zero attached hydrogens (tertiary/aromatic N) is 7. The zero-order valence-electron chi connectivity index (χ0n) is 34.8. The lowest BCUT2D eigenvalue weighted by atomic mass is 10.0. The molecule has 0 radical (unpaired) electrons. The SMILES string of the molecule is Cc1cc2c(cc1C)N(C[C@H](O)[C@H](O)[C@H](O)COP(=O)(O)OP(=O)(O)OC[C@H]1O[C@@H](n3cnc4c(N)ncnc43)[C@H](O)[C@@H]1O)c1[nH]c(=O)[nH]c(=O)c1N2/C=C/C=[N+](C)Cc1ccccc1. The Balaban J connectivity index is 0.998. The van der Waals surface area contributed by atoms with Crippen LogP contribution in [0.3, 0.4) is 0 Å². The van der Waals surface area contributed by atoms with Gasteiger partial charge in [0.05, 0.1) is 37.5 Å². The molecule has 348 valence electrons. The summed E-state index contributed by atoms with van der Waals surface area (Å²) in [5, 5.41) is 54.2. The number of imidazole rings is 1. The Morgan fingerprint density at radius 3 is 2.37 bits per heavy atom. The van der Waals surface area contributed by atoms with Crippen LogP contribution in [-0.2, 0) is 33.8 Å². The van der Waals surface area contributed by atoms with Gasteiger partial charge in [-0.1, -0.05) is 30.3 Å². The fourth-order valence-corrected chi connectivity index (χ4v) is 9.28. The van der Waals surface area contributed by atoms with Crippen LogP contribution in [0.5, 0.6) is 0 Å². The Hall–Kier alpha value is -5.50. The number of nitrogens with one attached hydrogen (secondary N) is 2. The number of H-pyrrole nitrogens is 2. The van der Waals surface area contributed by atoms with Gasteiger partial charge in [-0.15, -0.1) is 0 Å². The van der Waals surface area contributed by atoms with E-state index >= 15 is 0 Å². The Kier molecular flexibility index (Phi) is 14.0. The molecular formula is C38H47N10O15P2+. The minimum absolute atomic E-state index is 0.0282. The first-order valence-corrected chi connectivity index (χ1v) is 22.7. The third kappa shape index (κ3) is 10.5. The highest BCUT2D eigenvalue weighted by molar-refractivity contribution is 7.61. The molecule has 0 bridgehead atoms. The van der Waals surface area contributed by atoms with Crippen molar-refractivity contribution in [1.82, 2.24) is 29.5 Å². The Bertz CT molecular complexity index is 2820. The lowest BCUT2D eigenvalue weighted by molar-refractivity contribution is -0.508. The smallest absolute Gasteiger partial charge is 0.388 e. The summed E-state index contributed by atoms with van der Waals surface area (Å²) >= 11 is 0. The molecule has 7 rings (SSSR count). The van der Waals surface area contributed by atoms with Crippen molar-refractivity contribution >= 4 is 61.7 Å². The highest BCUT2D eigenvalue weighted by atomic mass is 31.3. The number of benzene rings is 2. The summed E-state index contributed by atoms with van der Waals surface area (Å²) in [6.45, 7) is 1.48. The third-order valence-corrected chi connectivity index (χ3v) is 13.2. The molecule has 5 heterocycles. The van der Waals surface area contributed by atoms with E-state index in [2.05, 4.69) is 33.8 Å². The van der Waals surface area contributed by atoms with E-state index in [0.717, 1.165) is 23.0 Å². The first-order chi connectivity index (χ1) is 30.7. The van der Waals surface area contributed by atoms with Crippen molar-refractivity contribution in [2.45, 2.75) is 63.2 Å². The number of aromatic amines is 2. The second kappa shape index (κ2) is 19.1. The number of hydrogen-bond donors (Lipinski definition) is 10. The Morgan fingerprint density at radius 2 is 1.65 bits per heavy atom. The number of phosphoric ester groups is 2. The van der Waals surface area contributed by atoms with Crippen LogP contribution in [-0.4, -0.2) is 139 Å². The predicted octanol–water partition coefficient (Wildman–Crippen LogP) is 0.0712. The average Bonchev–Trinajstić information content (AvgIpc) is 3.80. The number of allylic oxidation sites excluding steroid dienone is 1. The van der Waals surface area contributed by atoms with Crippen molar-refractivity contribution in [3.05, 3.63) is 105 Å². The van der Waals surface area contributed by atoms with Crippen molar-refractivity contribution in [3.63, 3.8) is 0 Å². The number of aromatic nitrogens is 6. The number of β-amino-alcohol motifs (C(OH)–C–C–N with tert-alkyl or cyclic N) is 1. The summed E-state index contributed by atoms with van der Waals surface area (Å²) in [6.07, 6.45) is -4.89. The van der Waals surface area contributed by atoms with Crippen molar-refractivity contribution in [1.29, 1.82) is 0 Å². The average molecular weight is 946 g/mol. The minimum atomic E-state index is -5.58. The summed E-state index contributed by atoms with van der Waals surface area (Å²) in [7, 11) is -9.22.